The Morgan fingerprint density at radius 2 is 1.29 bits per heavy atom. The summed E-state index contributed by atoms with van der Waals surface area (Å²) in [6, 6.07) is 0. The number of halogens is 1. The van der Waals surface area contributed by atoms with Crippen LogP contribution < -0.4 is 0 Å². The van der Waals surface area contributed by atoms with Crippen molar-refractivity contribution < 1.29 is 11.5 Å². The second-order valence-corrected chi connectivity index (χ2v) is 15.2. The third-order valence-electron chi connectivity index (χ3n) is 0.481. The van der Waals surface area contributed by atoms with Crippen LogP contribution in [0.1, 0.15) is 0 Å². The SMILES string of the molecule is CI1(C)(C)OOO1. The van der Waals surface area contributed by atoms with Crippen molar-refractivity contribution in [1.29, 1.82) is 0 Å². The van der Waals surface area contributed by atoms with Crippen molar-refractivity contribution in [2.45, 2.75) is 0 Å². The fourth-order valence-electron chi connectivity index (χ4n) is 0.180. The zero-order valence-electron chi connectivity index (χ0n) is 4.60. The second kappa shape index (κ2) is 1.12. The molecule has 0 aliphatic carbocycles. The molecular weight excluding hydrogens is 211 g/mol. The Labute approximate surface area is 44.5 Å². The minimum absolute atomic E-state index is 1.97. The zero-order valence-corrected chi connectivity index (χ0v) is 6.76. The first kappa shape index (κ1) is 5.74. The molecule has 0 saturated carbocycles. The molecule has 0 atom stereocenters. The van der Waals surface area contributed by atoms with Crippen LogP contribution in [-0.2, 0) is 11.5 Å². The van der Waals surface area contributed by atoms with E-state index >= 15 is 0 Å². The van der Waals surface area contributed by atoms with Crippen molar-refractivity contribution in [2.75, 3.05) is 14.8 Å². The quantitative estimate of drug-likeness (QED) is 0.348. The summed E-state index contributed by atoms with van der Waals surface area (Å²) in [5.74, 6) is 0. The van der Waals surface area contributed by atoms with Crippen molar-refractivity contribution in [3.8, 4) is 0 Å². The molecule has 0 aromatic heterocycles. The van der Waals surface area contributed by atoms with E-state index in [-0.39, 0.29) is 0 Å². The van der Waals surface area contributed by atoms with Gasteiger partial charge in [0.2, 0.25) is 0 Å². The fourth-order valence-corrected chi connectivity index (χ4v) is 1.21. The average Bonchev–Trinajstić information content (AvgIpc) is 1.30. The summed E-state index contributed by atoms with van der Waals surface area (Å²) >= 11 is -2.64. The molecule has 0 aromatic carbocycles. The summed E-state index contributed by atoms with van der Waals surface area (Å²) in [4.78, 5) is 5.90. The topological polar surface area (TPSA) is 27.7 Å². The van der Waals surface area contributed by atoms with E-state index < -0.39 is 17.9 Å². The van der Waals surface area contributed by atoms with Crippen LogP contribution in [0.5, 0.6) is 0 Å². The predicted molar refractivity (Wildman–Crippen MR) is 35.0 cm³/mol. The second-order valence-electron chi connectivity index (χ2n) is 2.32. The van der Waals surface area contributed by atoms with E-state index in [4.69, 9.17) is 6.43 Å². The molecule has 4 heteroatoms. The average molecular weight is 220 g/mol. The summed E-state index contributed by atoms with van der Waals surface area (Å²) in [7, 11) is 0. The van der Waals surface area contributed by atoms with Gasteiger partial charge in [-0.1, -0.05) is 0 Å². The van der Waals surface area contributed by atoms with Crippen LogP contribution in [0.3, 0.4) is 0 Å². The molecule has 1 heterocycles. The number of rotatable bonds is 0. The van der Waals surface area contributed by atoms with Crippen LogP contribution in [0, 0.1) is 0 Å². The molecule has 0 unspecified atom stereocenters. The number of alkyl halides is 3. The molecule has 46 valence electrons. The van der Waals surface area contributed by atoms with Crippen LogP contribution in [0.25, 0.3) is 0 Å². The molecule has 0 radical (unpaired) electrons. The molecular formula is C3H9IO3. The van der Waals surface area contributed by atoms with Gasteiger partial charge in [-0.2, -0.15) is 0 Å². The van der Waals surface area contributed by atoms with Crippen LogP contribution in [0.2, 0.25) is 0 Å². The van der Waals surface area contributed by atoms with E-state index in [0.717, 1.165) is 0 Å². The van der Waals surface area contributed by atoms with Crippen molar-refractivity contribution in [2.24, 2.45) is 0 Å². The summed E-state index contributed by atoms with van der Waals surface area (Å²) in [6.07, 6.45) is 0. The van der Waals surface area contributed by atoms with Gasteiger partial charge in [0.1, 0.15) is 0 Å². The maximum absolute atomic E-state index is 4.77. The van der Waals surface area contributed by atoms with Gasteiger partial charge in [-0.3, -0.25) is 0 Å². The molecule has 0 amide bonds. The van der Waals surface area contributed by atoms with E-state index in [9.17, 15) is 0 Å². The van der Waals surface area contributed by atoms with Crippen LogP contribution in [0.15, 0.2) is 0 Å². The Balaban J connectivity index is 2.60. The zero-order chi connectivity index (χ0) is 5.57. The first-order valence-electron chi connectivity index (χ1n) is 1.78. The Hall–Kier alpha value is 0.610. The summed E-state index contributed by atoms with van der Waals surface area (Å²) in [6.45, 7) is 0. The Bertz CT molecular complexity index is 84.1. The van der Waals surface area contributed by atoms with Gasteiger partial charge in [-0.25, -0.2) is 0 Å². The van der Waals surface area contributed by atoms with Gasteiger partial charge in [-0.05, 0) is 0 Å². The minimum atomic E-state index is -2.64. The normalized spacial score (nSPS) is 40.1. The third kappa shape index (κ3) is 1.25. The monoisotopic (exact) mass is 220 g/mol. The van der Waals surface area contributed by atoms with E-state index in [2.05, 4.69) is 5.04 Å². The maximum atomic E-state index is 4.77. The molecule has 0 spiro atoms. The molecule has 3 nitrogen and oxygen atoms in total. The van der Waals surface area contributed by atoms with E-state index in [1.165, 1.54) is 0 Å². The molecule has 0 N–H and O–H groups in total. The molecule has 7 heavy (non-hydrogen) atoms. The molecule has 1 aliphatic heterocycles. The van der Waals surface area contributed by atoms with Crippen LogP contribution in [-0.4, -0.2) is 14.8 Å². The Morgan fingerprint density at radius 1 is 1.00 bits per heavy atom. The van der Waals surface area contributed by atoms with Gasteiger partial charge in [-0.15, -0.1) is 0 Å². The van der Waals surface area contributed by atoms with Crippen LogP contribution in [0.4, 0.5) is 0 Å². The predicted octanol–water partition coefficient (Wildman–Crippen LogP) is 1.18. The summed E-state index contributed by atoms with van der Waals surface area (Å²) in [5.41, 5.74) is 0. The number of hydrogen-bond acceptors (Lipinski definition) is 3. The molecule has 1 rings (SSSR count). The van der Waals surface area contributed by atoms with Gasteiger partial charge in [0.05, 0.1) is 0 Å². The van der Waals surface area contributed by atoms with Crippen molar-refractivity contribution in [3.63, 3.8) is 0 Å². The first-order valence-corrected chi connectivity index (χ1v) is 10.0. The van der Waals surface area contributed by atoms with E-state index in [1.807, 2.05) is 14.8 Å². The molecule has 0 aromatic rings. The van der Waals surface area contributed by atoms with Gasteiger partial charge in [0.15, 0.2) is 0 Å². The fraction of sp³-hybridized carbons (Fsp3) is 1.00. The standard InChI is InChI=1S/C3H9IO3/c1-4(2,3)5-7-6-4/h1-3H3. The Kier molecular flexibility index (Phi) is 0.921. The number of hydrogen-bond donors (Lipinski definition) is 0. The van der Waals surface area contributed by atoms with Crippen molar-refractivity contribution in [1.82, 2.24) is 0 Å². The van der Waals surface area contributed by atoms with Gasteiger partial charge in [0.25, 0.3) is 0 Å². The van der Waals surface area contributed by atoms with Crippen molar-refractivity contribution in [3.05, 3.63) is 0 Å². The first-order chi connectivity index (χ1) is 2.97. The van der Waals surface area contributed by atoms with Crippen LogP contribution >= 0.6 is 17.9 Å². The molecule has 1 aliphatic rings. The Morgan fingerprint density at radius 3 is 1.29 bits per heavy atom. The molecule has 0 bridgehead atoms. The molecule has 1 saturated heterocycles. The summed E-state index contributed by atoms with van der Waals surface area (Å²) < 4.78 is 9.54. The van der Waals surface area contributed by atoms with E-state index in [0.29, 0.717) is 0 Å². The summed E-state index contributed by atoms with van der Waals surface area (Å²) in [5, 5.41) is 4.12. The van der Waals surface area contributed by atoms with Crippen molar-refractivity contribution >= 4 is 17.9 Å². The van der Waals surface area contributed by atoms with Gasteiger partial charge >= 0.3 is 44.1 Å². The van der Waals surface area contributed by atoms with Gasteiger partial charge < -0.3 is 0 Å². The third-order valence-corrected chi connectivity index (χ3v) is 3.23. The van der Waals surface area contributed by atoms with Gasteiger partial charge in [0, 0.05) is 0 Å². The van der Waals surface area contributed by atoms with E-state index in [1.54, 1.807) is 0 Å². The molecule has 1 fully saturated rings.